The molecule has 0 aliphatic carbocycles. The fourth-order valence-corrected chi connectivity index (χ4v) is 3.29. The van der Waals surface area contributed by atoms with Crippen molar-refractivity contribution in [3.8, 4) is 0 Å². The van der Waals surface area contributed by atoms with Gasteiger partial charge in [0.1, 0.15) is 5.69 Å². The summed E-state index contributed by atoms with van der Waals surface area (Å²) in [6.45, 7) is 11.8. The molecule has 1 N–H and O–H groups in total. The first-order valence-corrected chi connectivity index (χ1v) is 11.7. The number of carbonyl (C=O) groups excluding carboxylic acids is 1. The second-order valence-corrected chi connectivity index (χ2v) is 12.9. The van der Waals surface area contributed by atoms with Crippen molar-refractivity contribution in [3.63, 3.8) is 0 Å². The summed E-state index contributed by atoms with van der Waals surface area (Å²) < 4.78 is 12.8. The van der Waals surface area contributed by atoms with Gasteiger partial charge in [-0.3, -0.25) is 0 Å². The van der Waals surface area contributed by atoms with Crippen LogP contribution < -0.4 is 5.32 Å². The molecular weight excluding hydrogens is 344 g/mol. The Kier molecular flexibility index (Phi) is 5.98. The van der Waals surface area contributed by atoms with E-state index in [1.165, 1.54) is 7.11 Å². The maximum Gasteiger partial charge on any atom is 0.354 e. The molecule has 0 spiro atoms. The number of aryl methyl sites for hydroxylation is 1. The smallest absolute Gasteiger partial charge is 0.354 e. The number of esters is 1. The number of ether oxygens (including phenoxy) is 1. The highest BCUT2D eigenvalue weighted by molar-refractivity contribution is 6.74. The van der Waals surface area contributed by atoms with Crippen LogP contribution in [0, 0.1) is 0 Å². The molecule has 5 nitrogen and oxygen atoms in total. The Morgan fingerprint density at radius 3 is 2.50 bits per heavy atom. The minimum absolute atomic E-state index is 0.192. The Labute approximate surface area is 157 Å². The third-order valence-electron chi connectivity index (χ3n) is 5.02. The molecule has 0 saturated heterocycles. The molecule has 1 aromatic carbocycles. The fourth-order valence-electron chi connectivity index (χ4n) is 2.33. The molecule has 0 saturated carbocycles. The minimum Gasteiger partial charge on any atom is -0.464 e. The van der Waals surface area contributed by atoms with Gasteiger partial charge < -0.3 is 19.0 Å². The predicted octanol–water partition coefficient (Wildman–Crippen LogP) is 5.08. The molecule has 0 radical (unpaired) electrons. The van der Waals surface area contributed by atoms with E-state index in [9.17, 15) is 4.79 Å². The summed E-state index contributed by atoms with van der Waals surface area (Å²) in [6.07, 6.45) is 1.87. The van der Waals surface area contributed by atoms with Crippen molar-refractivity contribution in [2.45, 2.75) is 45.5 Å². The van der Waals surface area contributed by atoms with Crippen molar-refractivity contribution in [2.24, 2.45) is 7.05 Å². The van der Waals surface area contributed by atoms with Crippen LogP contribution >= 0.6 is 0 Å². The highest BCUT2D eigenvalue weighted by Gasteiger charge is 2.36. The van der Waals surface area contributed by atoms with Crippen LogP contribution in [-0.4, -0.2) is 26.0 Å². The molecule has 0 aliphatic heterocycles. The molecule has 2 rings (SSSR count). The number of hydrogen-bond donors (Lipinski definition) is 1. The van der Waals surface area contributed by atoms with E-state index < -0.39 is 8.32 Å². The molecule has 2 aromatic rings. The molecule has 0 unspecified atom stereocenters. The standard InChI is InChI=1S/C20H30N2O3Si/c1-20(2,3)26(6,7)25-14-15-9-8-10-16(11-15)21-17-12-18(19(23)24-5)22(4)13-17/h8-13,21H,14H2,1-7H3. The molecule has 0 atom stereocenters. The number of aromatic nitrogens is 1. The SMILES string of the molecule is COC(=O)c1cc(Nc2cccc(CO[Si](C)(C)C(C)(C)C)c2)cn1C. The number of carbonyl (C=O) groups is 1. The van der Waals surface area contributed by atoms with Gasteiger partial charge >= 0.3 is 5.97 Å². The molecule has 0 amide bonds. The normalized spacial score (nSPS) is 12.1. The van der Waals surface area contributed by atoms with Crippen molar-refractivity contribution in [2.75, 3.05) is 12.4 Å². The number of rotatable bonds is 6. The molecule has 26 heavy (non-hydrogen) atoms. The van der Waals surface area contributed by atoms with E-state index in [1.807, 2.05) is 25.4 Å². The van der Waals surface area contributed by atoms with Crippen LogP contribution in [0.15, 0.2) is 36.5 Å². The number of methoxy groups -OCH3 is 1. The van der Waals surface area contributed by atoms with E-state index in [0.717, 1.165) is 16.9 Å². The molecule has 0 bridgehead atoms. The molecular formula is C20H30N2O3Si. The minimum atomic E-state index is -1.78. The van der Waals surface area contributed by atoms with E-state index in [-0.39, 0.29) is 11.0 Å². The van der Waals surface area contributed by atoms with E-state index in [2.05, 4.69) is 51.3 Å². The average molecular weight is 375 g/mol. The van der Waals surface area contributed by atoms with Crippen LogP contribution in [0.3, 0.4) is 0 Å². The lowest BCUT2D eigenvalue weighted by molar-refractivity contribution is 0.0590. The van der Waals surface area contributed by atoms with Crippen LogP contribution in [0.2, 0.25) is 18.1 Å². The van der Waals surface area contributed by atoms with Gasteiger partial charge in [-0.2, -0.15) is 0 Å². The van der Waals surface area contributed by atoms with Gasteiger partial charge in [-0.25, -0.2) is 4.79 Å². The van der Waals surface area contributed by atoms with Crippen molar-refractivity contribution in [1.82, 2.24) is 4.57 Å². The first-order valence-electron chi connectivity index (χ1n) is 8.78. The van der Waals surface area contributed by atoms with Gasteiger partial charge in [0.15, 0.2) is 8.32 Å². The first kappa shape index (κ1) is 20.3. The summed E-state index contributed by atoms with van der Waals surface area (Å²) in [5.74, 6) is -0.350. The Bertz CT molecular complexity index is 776. The van der Waals surface area contributed by atoms with Crippen molar-refractivity contribution < 1.29 is 14.0 Å². The summed E-state index contributed by atoms with van der Waals surface area (Å²) in [5.41, 5.74) is 3.44. The third-order valence-corrected chi connectivity index (χ3v) is 9.50. The molecule has 0 aliphatic rings. The van der Waals surface area contributed by atoms with E-state index >= 15 is 0 Å². The molecule has 1 heterocycles. The Balaban J connectivity index is 2.09. The Hall–Kier alpha value is -2.05. The Morgan fingerprint density at radius 1 is 1.19 bits per heavy atom. The topological polar surface area (TPSA) is 52.5 Å². The van der Waals surface area contributed by atoms with E-state index in [0.29, 0.717) is 12.3 Å². The monoisotopic (exact) mass is 374 g/mol. The van der Waals surface area contributed by atoms with Gasteiger partial charge in [0, 0.05) is 18.9 Å². The zero-order valence-electron chi connectivity index (χ0n) is 16.8. The van der Waals surface area contributed by atoms with Crippen LogP contribution in [-0.2, 0) is 22.8 Å². The quantitative estimate of drug-likeness (QED) is 0.566. The summed E-state index contributed by atoms with van der Waals surface area (Å²) in [6, 6.07) is 9.95. The van der Waals surface area contributed by atoms with Gasteiger partial charge in [0.05, 0.1) is 19.4 Å². The summed E-state index contributed by atoms with van der Waals surface area (Å²) in [4.78, 5) is 11.7. The van der Waals surface area contributed by atoms with Gasteiger partial charge in [0.2, 0.25) is 0 Å². The largest absolute Gasteiger partial charge is 0.464 e. The fraction of sp³-hybridized carbons (Fsp3) is 0.450. The lowest BCUT2D eigenvalue weighted by Gasteiger charge is -2.36. The van der Waals surface area contributed by atoms with Gasteiger partial charge in [0.25, 0.3) is 0 Å². The maximum atomic E-state index is 11.7. The number of benzene rings is 1. The second kappa shape index (κ2) is 7.68. The van der Waals surface area contributed by atoms with Gasteiger partial charge in [-0.05, 0) is 41.9 Å². The summed E-state index contributed by atoms with van der Waals surface area (Å²) >= 11 is 0. The predicted molar refractivity (Wildman–Crippen MR) is 108 cm³/mol. The summed E-state index contributed by atoms with van der Waals surface area (Å²) in [7, 11) is 1.43. The number of nitrogens with zero attached hydrogens (tertiary/aromatic N) is 1. The highest BCUT2D eigenvalue weighted by Crippen LogP contribution is 2.37. The summed E-state index contributed by atoms with van der Waals surface area (Å²) in [5, 5.41) is 3.53. The Morgan fingerprint density at radius 2 is 1.88 bits per heavy atom. The van der Waals surface area contributed by atoms with Crippen LogP contribution in [0.1, 0.15) is 36.8 Å². The zero-order valence-corrected chi connectivity index (χ0v) is 17.8. The number of nitrogens with one attached hydrogen (secondary N) is 1. The lowest BCUT2D eigenvalue weighted by Crippen LogP contribution is -2.40. The molecule has 142 valence electrons. The van der Waals surface area contributed by atoms with Crippen molar-refractivity contribution in [1.29, 1.82) is 0 Å². The first-order chi connectivity index (χ1) is 12.0. The maximum absolute atomic E-state index is 11.7. The van der Waals surface area contributed by atoms with Crippen molar-refractivity contribution in [3.05, 3.63) is 47.8 Å². The van der Waals surface area contributed by atoms with Crippen molar-refractivity contribution >= 4 is 25.7 Å². The van der Waals surface area contributed by atoms with E-state index in [1.54, 1.807) is 10.6 Å². The number of hydrogen-bond acceptors (Lipinski definition) is 4. The van der Waals surface area contributed by atoms with E-state index in [4.69, 9.17) is 9.16 Å². The van der Waals surface area contributed by atoms with Gasteiger partial charge in [-0.1, -0.05) is 32.9 Å². The molecule has 6 heteroatoms. The molecule has 0 fully saturated rings. The zero-order chi connectivity index (χ0) is 19.5. The lowest BCUT2D eigenvalue weighted by atomic mass is 10.2. The average Bonchev–Trinajstić information content (AvgIpc) is 2.92. The van der Waals surface area contributed by atoms with Crippen LogP contribution in [0.5, 0.6) is 0 Å². The molecule has 1 aromatic heterocycles. The van der Waals surface area contributed by atoms with Crippen LogP contribution in [0.4, 0.5) is 11.4 Å². The van der Waals surface area contributed by atoms with Crippen LogP contribution in [0.25, 0.3) is 0 Å². The second-order valence-electron chi connectivity index (χ2n) is 8.09. The highest BCUT2D eigenvalue weighted by atomic mass is 28.4. The number of anilines is 2. The third kappa shape index (κ3) is 4.77. The van der Waals surface area contributed by atoms with Gasteiger partial charge in [-0.15, -0.1) is 0 Å².